The molecule has 16 heavy (non-hydrogen) atoms. The Morgan fingerprint density at radius 2 is 1.75 bits per heavy atom. The van der Waals surface area contributed by atoms with Gasteiger partial charge in [-0.1, -0.05) is 37.3 Å². The molecule has 0 fully saturated rings. The number of carboxylic acid groups (broad SMARTS) is 2. The molecule has 0 aromatic heterocycles. The van der Waals surface area contributed by atoms with Crippen molar-refractivity contribution in [1.29, 1.82) is 0 Å². The normalized spacial score (nSPS) is 13.2. The van der Waals surface area contributed by atoms with Crippen molar-refractivity contribution < 1.29 is 19.8 Å². The monoisotopic (exact) mass is 220 g/mol. The van der Waals surface area contributed by atoms with Crippen LogP contribution in [0.2, 0.25) is 0 Å². The number of hydrogen-bond acceptors (Lipinski definition) is 2. The molecule has 0 radical (unpaired) electrons. The molecule has 1 unspecified atom stereocenters. The van der Waals surface area contributed by atoms with Gasteiger partial charge in [0.25, 0.3) is 0 Å². The van der Waals surface area contributed by atoms with Crippen molar-refractivity contribution in [3.63, 3.8) is 0 Å². The first-order chi connectivity index (χ1) is 7.52. The summed E-state index contributed by atoms with van der Waals surface area (Å²) in [5, 5.41) is 17.5. The molecule has 0 saturated heterocycles. The van der Waals surface area contributed by atoms with Crippen LogP contribution in [0.3, 0.4) is 0 Å². The van der Waals surface area contributed by atoms with E-state index in [0.717, 1.165) is 11.6 Å². The van der Waals surface area contributed by atoms with Gasteiger partial charge >= 0.3 is 11.9 Å². The van der Waals surface area contributed by atoms with Gasteiger partial charge < -0.3 is 10.2 Å². The number of carbonyl (C=O) groups is 2. The third-order valence-electron chi connectivity index (χ3n) is 2.29. The molecule has 0 aliphatic heterocycles. The molecule has 1 aromatic rings. The van der Waals surface area contributed by atoms with Crippen LogP contribution in [0.5, 0.6) is 0 Å². The largest absolute Gasteiger partial charge is 0.478 e. The van der Waals surface area contributed by atoms with Crippen molar-refractivity contribution in [1.82, 2.24) is 0 Å². The molecular weight excluding hydrogens is 208 g/mol. The van der Waals surface area contributed by atoms with Gasteiger partial charge in [-0.3, -0.25) is 0 Å². The van der Waals surface area contributed by atoms with E-state index in [9.17, 15) is 9.59 Å². The first-order valence-corrected chi connectivity index (χ1v) is 4.75. The van der Waals surface area contributed by atoms with E-state index in [1.54, 1.807) is 31.2 Å². The quantitative estimate of drug-likeness (QED) is 0.760. The average molecular weight is 220 g/mol. The summed E-state index contributed by atoms with van der Waals surface area (Å²) >= 11 is 0. The van der Waals surface area contributed by atoms with Crippen LogP contribution in [0, 0.1) is 0 Å². The maximum Gasteiger partial charge on any atom is 0.332 e. The Morgan fingerprint density at radius 1 is 1.19 bits per heavy atom. The van der Waals surface area contributed by atoms with Crippen LogP contribution in [0.15, 0.2) is 42.0 Å². The van der Waals surface area contributed by atoms with Gasteiger partial charge in [0.05, 0.1) is 5.57 Å². The Bertz CT molecular complexity index is 420. The maximum absolute atomic E-state index is 10.9. The van der Waals surface area contributed by atoms with E-state index in [-0.39, 0.29) is 5.57 Å². The van der Waals surface area contributed by atoms with Gasteiger partial charge in [0, 0.05) is 12.0 Å². The summed E-state index contributed by atoms with van der Waals surface area (Å²) in [4.78, 5) is 21.4. The first kappa shape index (κ1) is 12.0. The molecule has 0 amide bonds. The minimum Gasteiger partial charge on any atom is -0.478 e. The second-order valence-corrected chi connectivity index (χ2v) is 3.38. The Balaban J connectivity index is 3.06. The highest BCUT2D eigenvalue weighted by atomic mass is 16.4. The molecule has 0 aliphatic rings. The van der Waals surface area contributed by atoms with E-state index >= 15 is 0 Å². The molecule has 4 nitrogen and oxygen atoms in total. The number of aliphatic carboxylic acids is 2. The number of carboxylic acids is 2. The van der Waals surface area contributed by atoms with E-state index in [1.165, 1.54) is 0 Å². The lowest BCUT2D eigenvalue weighted by molar-refractivity contribution is -0.135. The standard InChI is InChI=1S/C12H12O4/c1-8(9-5-3-2-4-6-9)10(12(15)16)7-11(13)14/h2-8H,1H3,(H,13,14)(H,15,16). The molecule has 1 aromatic carbocycles. The van der Waals surface area contributed by atoms with Crippen LogP contribution >= 0.6 is 0 Å². The van der Waals surface area contributed by atoms with Gasteiger partial charge in [-0.2, -0.15) is 0 Å². The summed E-state index contributed by atoms with van der Waals surface area (Å²) < 4.78 is 0. The fourth-order valence-electron chi connectivity index (χ4n) is 1.43. The zero-order valence-electron chi connectivity index (χ0n) is 8.75. The molecular formula is C12H12O4. The van der Waals surface area contributed by atoms with Crippen molar-refractivity contribution in [2.45, 2.75) is 12.8 Å². The zero-order chi connectivity index (χ0) is 12.1. The molecule has 0 bridgehead atoms. The third kappa shape index (κ3) is 2.95. The maximum atomic E-state index is 10.9. The fraction of sp³-hybridized carbons (Fsp3) is 0.167. The SMILES string of the molecule is CC(C(=CC(=O)O)C(=O)O)c1ccccc1. The molecule has 1 atom stereocenters. The summed E-state index contributed by atoms with van der Waals surface area (Å²) in [7, 11) is 0. The van der Waals surface area contributed by atoms with Crippen LogP contribution in [0.1, 0.15) is 18.4 Å². The van der Waals surface area contributed by atoms with Crippen molar-refractivity contribution in [3.05, 3.63) is 47.5 Å². The van der Waals surface area contributed by atoms with Crippen molar-refractivity contribution in [2.75, 3.05) is 0 Å². The molecule has 0 saturated carbocycles. The Labute approximate surface area is 92.8 Å². The molecule has 1 rings (SSSR count). The molecule has 0 spiro atoms. The molecule has 2 N–H and O–H groups in total. The number of hydrogen-bond donors (Lipinski definition) is 2. The third-order valence-corrected chi connectivity index (χ3v) is 2.29. The van der Waals surface area contributed by atoms with E-state index in [4.69, 9.17) is 10.2 Å². The van der Waals surface area contributed by atoms with Gasteiger partial charge in [0.2, 0.25) is 0 Å². The smallest absolute Gasteiger partial charge is 0.332 e. The second kappa shape index (κ2) is 5.11. The Hall–Kier alpha value is -2.10. The summed E-state index contributed by atoms with van der Waals surface area (Å²) in [6.07, 6.45) is 0.736. The van der Waals surface area contributed by atoms with Crippen LogP contribution in [-0.2, 0) is 9.59 Å². The van der Waals surface area contributed by atoms with Gasteiger partial charge in [-0.05, 0) is 5.56 Å². The summed E-state index contributed by atoms with van der Waals surface area (Å²) in [6.45, 7) is 1.66. The summed E-state index contributed by atoms with van der Waals surface area (Å²) in [5.41, 5.74) is 0.649. The lowest BCUT2D eigenvalue weighted by Crippen LogP contribution is -2.10. The van der Waals surface area contributed by atoms with E-state index in [2.05, 4.69) is 0 Å². The predicted octanol–water partition coefficient (Wildman–Crippen LogP) is 1.89. The minimum absolute atomic E-state index is 0.126. The Morgan fingerprint density at radius 3 is 2.19 bits per heavy atom. The van der Waals surface area contributed by atoms with Crippen molar-refractivity contribution >= 4 is 11.9 Å². The van der Waals surface area contributed by atoms with Crippen LogP contribution in [0.25, 0.3) is 0 Å². The van der Waals surface area contributed by atoms with Gasteiger partial charge in [0.15, 0.2) is 0 Å². The summed E-state index contributed by atoms with van der Waals surface area (Å²) in [6, 6.07) is 8.92. The van der Waals surface area contributed by atoms with E-state index in [0.29, 0.717) is 0 Å². The highest BCUT2D eigenvalue weighted by Gasteiger charge is 2.18. The van der Waals surface area contributed by atoms with Gasteiger partial charge in [-0.15, -0.1) is 0 Å². The fourth-order valence-corrected chi connectivity index (χ4v) is 1.43. The van der Waals surface area contributed by atoms with Crippen molar-refractivity contribution in [3.8, 4) is 0 Å². The van der Waals surface area contributed by atoms with Crippen LogP contribution < -0.4 is 0 Å². The lowest BCUT2D eigenvalue weighted by atomic mass is 9.92. The zero-order valence-corrected chi connectivity index (χ0v) is 8.75. The van der Waals surface area contributed by atoms with Crippen LogP contribution in [0.4, 0.5) is 0 Å². The lowest BCUT2D eigenvalue weighted by Gasteiger charge is -2.11. The van der Waals surface area contributed by atoms with Gasteiger partial charge in [0.1, 0.15) is 0 Å². The average Bonchev–Trinajstić information content (AvgIpc) is 2.25. The summed E-state index contributed by atoms with van der Waals surface area (Å²) in [5.74, 6) is -2.91. The minimum atomic E-state index is -1.25. The van der Waals surface area contributed by atoms with Crippen LogP contribution in [-0.4, -0.2) is 22.2 Å². The number of benzene rings is 1. The van der Waals surface area contributed by atoms with E-state index < -0.39 is 17.9 Å². The molecule has 4 heteroatoms. The topological polar surface area (TPSA) is 74.6 Å². The van der Waals surface area contributed by atoms with Crippen molar-refractivity contribution in [2.24, 2.45) is 0 Å². The number of rotatable bonds is 4. The molecule has 84 valence electrons. The highest BCUT2D eigenvalue weighted by Crippen LogP contribution is 2.23. The van der Waals surface area contributed by atoms with E-state index in [1.807, 2.05) is 6.07 Å². The predicted molar refractivity (Wildman–Crippen MR) is 58.2 cm³/mol. The molecule has 0 aliphatic carbocycles. The Kier molecular flexibility index (Phi) is 3.83. The molecule has 0 heterocycles. The second-order valence-electron chi connectivity index (χ2n) is 3.38. The first-order valence-electron chi connectivity index (χ1n) is 4.75. The van der Waals surface area contributed by atoms with Gasteiger partial charge in [-0.25, -0.2) is 9.59 Å². The highest BCUT2D eigenvalue weighted by molar-refractivity contribution is 5.95.